The van der Waals surface area contributed by atoms with E-state index in [4.69, 9.17) is 0 Å². The molecule has 0 aliphatic carbocycles. The van der Waals surface area contributed by atoms with Gasteiger partial charge in [-0.2, -0.15) is 20.1 Å². The SMILES string of the molecule is C[C@H](n1nccn1)[C@@](O)(Cn1cncn1)c1ccc(F)cc1. The monoisotopic (exact) mass is 302 g/mol. The molecule has 0 saturated carbocycles. The molecule has 0 unspecified atom stereocenters. The molecule has 1 aromatic carbocycles. The maximum absolute atomic E-state index is 13.2. The molecule has 3 rings (SSSR count). The Balaban J connectivity index is 2.02. The fourth-order valence-corrected chi connectivity index (χ4v) is 2.38. The van der Waals surface area contributed by atoms with E-state index in [-0.39, 0.29) is 12.4 Å². The van der Waals surface area contributed by atoms with E-state index in [1.54, 1.807) is 19.1 Å². The Morgan fingerprint density at radius 3 is 2.45 bits per heavy atom. The van der Waals surface area contributed by atoms with E-state index in [0.29, 0.717) is 5.56 Å². The van der Waals surface area contributed by atoms with Crippen molar-refractivity contribution in [3.63, 3.8) is 0 Å². The first-order chi connectivity index (χ1) is 10.6. The molecule has 2 aromatic heterocycles. The quantitative estimate of drug-likeness (QED) is 0.765. The molecule has 0 spiro atoms. The van der Waals surface area contributed by atoms with Crippen molar-refractivity contribution in [2.45, 2.75) is 25.1 Å². The summed E-state index contributed by atoms with van der Waals surface area (Å²) in [7, 11) is 0. The molecule has 0 bridgehead atoms. The van der Waals surface area contributed by atoms with Gasteiger partial charge >= 0.3 is 0 Å². The molecule has 3 aromatic rings. The van der Waals surface area contributed by atoms with Gasteiger partial charge in [0.15, 0.2) is 0 Å². The van der Waals surface area contributed by atoms with Crippen molar-refractivity contribution in [1.82, 2.24) is 29.8 Å². The van der Waals surface area contributed by atoms with Crippen LogP contribution in [0.3, 0.4) is 0 Å². The lowest BCUT2D eigenvalue weighted by Gasteiger charge is -2.33. The Morgan fingerprint density at radius 2 is 1.86 bits per heavy atom. The smallest absolute Gasteiger partial charge is 0.137 e. The number of rotatable bonds is 5. The van der Waals surface area contributed by atoms with Crippen LogP contribution in [0.25, 0.3) is 0 Å². The normalized spacial score (nSPS) is 15.4. The first-order valence-corrected chi connectivity index (χ1v) is 6.76. The predicted octanol–water partition coefficient (Wildman–Crippen LogP) is 1.16. The van der Waals surface area contributed by atoms with Crippen LogP contribution in [0.1, 0.15) is 18.5 Å². The predicted molar refractivity (Wildman–Crippen MR) is 75.1 cm³/mol. The molecule has 7 nitrogen and oxygen atoms in total. The van der Waals surface area contributed by atoms with Crippen LogP contribution < -0.4 is 0 Å². The minimum absolute atomic E-state index is 0.140. The maximum Gasteiger partial charge on any atom is 0.137 e. The van der Waals surface area contributed by atoms with Crippen molar-refractivity contribution in [3.8, 4) is 0 Å². The average molecular weight is 302 g/mol. The maximum atomic E-state index is 13.2. The highest BCUT2D eigenvalue weighted by Crippen LogP contribution is 2.34. The molecule has 0 radical (unpaired) electrons. The van der Waals surface area contributed by atoms with E-state index in [9.17, 15) is 9.50 Å². The Hall–Kier alpha value is -2.61. The van der Waals surface area contributed by atoms with Crippen molar-refractivity contribution < 1.29 is 9.50 Å². The van der Waals surface area contributed by atoms with Crippen LogP contribution in [0.2, 0.25) is 0 Å². The minimum Gasteiger partial charge on any atom is -0.381 e. The van der Waals surface area contributed by atoms with E-state index in [1.165, 1.54) is 46.7 Å². The van der Waals surface area contributed by atoms with Crippen molar-refractivity contribution in [2.24, 2.45) is 0 Å². The molecule has 0 saturated heterocycles. The van der Waals surface area contributed by atoms with Gasteiger partial charge in [-0.15, -0.1) is 0 Å². The Kier molecular flexibility index (Phi) is 3.68. The molecular formula is C14H15FN6O. The number of nitrogens with zero attached hydrogens (tertiary/aromatic N) is 6. The summed E-state index contributed by atoms with van der Waals surface area (Å²) in [6, 6.07) is 5.23. The Labute approximate surface area is 126 Å². The lowest BCUT2D eigenvalue weighted by molar-refractivity contribution is -0.0385. The van der Waals surface area contributed by atoms with E-state index in [0.717, 1.165) is 0 Å². The van der Waals surface area contributed by atoms with Crippen LogP contribution in [-0.2, 0) is 12.1 Å². The van der Waals surface area contributed by atoms with E-state index in [2.05, 4.69) is 20.3 Å². The second-order valence-corrected chi connectivity index (χ2v) is 5.05. The zero-order valence-electron chi connectivity index (χ0n) is 11.9. The molecule has 22 heavy (non-hydrogen) atoms. The zero-order chi connectivity index (χ0) is 15.6. The zero-order valence-corrected chi connectivity index (χ0v) is 11.9. The number of aliphatic hydroxyl groups is 1. The number of benzene rings is 1. The van der Waals surface area contributed by atoms with Crippen LogP contribution in [0.4, 0.5) is 4.39 Å². The van der Waals surface area contributed by atoms with Gasteiger partial charge in [0.2, 0.25) is 0 Å². The van der Waals surface area contributed by atoms with E-state index in [1.807, 2.05) is 0 Å². The summed E-state index contributed by atoms with van der Waals surface area (Å²) in [4.78, 5) is 5.30. The van der Waals surface area contributed by atoms with E-state index >= 15 is 0 Å². The minimum atomic E-state index is -1.37. The fraction of sp³-hybridized carbons (Fsp3) is 0.286. The highest BCUT2D eigenvalue weighted by molar-refractivity contribution is 5.24. The largest absolute Gasteiger partial charge is 0.381 e. The highest BCUT2D eigenvalue weighted by atomic mass is 19.1. The van der Waals surface area contributed by atoms with Gasteiger partial charge in [-0.3, -0.25) is 0 Å². The van der Waals surface area contributed by atoms with Gasteiger partial charge < -0.3 is 5.11 Å². The third-order valence-corrected chi connectivity index (χ3v) is 3.69. The molecule has 0 aliphatic heterocycles. The second-order valence-electron chi connectivity index (χ2n) is 5.05. The lowest BCUT2D eigenvalue weighted by atomic mass is 9.87. The third-order valence-electron chi connectivity index (χ3n) is 3.69. The molecule has 8 heteroatoms. The summed E-state index contributed by atoms with van der Waals surface area (Å²) in [5, 5.41) is 23.5. The Bertz CT molecular complexity index is 712. The van der Waals surface area contributed by atoms with Crippen molar-refractivity contribution in [3.05, 3.63) is 60.7 Å². The highest BCUT2D eigenvalue weighted by Gasteiger charge is 2.39. The molecule has 1 N–H and O–H groups in total. The van der Waals surface area contributed by atoms with Gasteiger partial charge in [-0.25, -0.2) is 14.1 Å². The van der Waals surface area contributed by atoms with Crippen LogP contribution in [0, 0.1) is 5.82 Å². The van der Waals surface area contributed by atoms with Crippen LogP contribution in [0.15, 0.2) is 49.3 Å². The van der Waals surface area contributed by atoms with Gasteiger partial charge in [0.25, 0.3) is 0 Å². The van der Waals surface area contributed by atoms with Crippen LogP contribution >= 0.6 is 0 Å². The molecular weight excluding hydrogens is 287 g/mol. The summed E-state index contributed by atoms with van der Waals surface area (Å²) < 4.78 is 14.7. The summed E-state index contributed by atoms with van der Waals surface area (Å²) in [6.07, 6.45) is 5.98. The topological polar surface area (TPSA) is 81.6 Å². The van der Waals surface area contributed by atoms with Gasteiger partial charge in [0, 0.05) is 0 Å². The molecule has 2 atom stereocenters. The standard InChI is InChI=1S/C14H15FN6O/c1-11(21-17-6-7-18-21)14(22,8-20-10-16-9-19-20)12-2-4-13(15)5-3-12/h2-7,9-11,22H,8H2,1H3/t11-,14-/m0/s1. The molecule has 0 aliphatic rings. The second kappa shape index (κ2) is 5.64. The fourth-order valence-electron chi connectivity index (χ4n) is 2.38. The molecule has 0 amide bonds. The number of hydrogen-bond acceptors (Lipinski definition) is 5. The first kappa shape index (κ1) is 14.3. The summed E-state index contributed by atoms with van der Waals surface area (Å²) in [5.41, 5.74) is -0.824. The molecule has 0 fully saturated rings. The summed E-state index contributed by atoms with van der Waals surface area (Å²) in [5.74, 6) is -0.364. The lowest BCUT2D eigenvalue weighted by Crippen LogP contribution is -2.40. The van der Waals surface area contributed by atoms with Gasteiger partial charge in [-0.1, -0.05) is 12.1 Å². The first-order valence-electron chi connectivity index (χ1n) is 6.76. The molecule has 2 heterocycles. The molecule has 114 valence electrons. The average Bonchev–Trinajstić information content (AvgIpc) is 3.20. The Morgan fingerprint density at radius 1 is 1.18 bits per heavy atom. The number of hydrogen-bond donors (Lipinski definition) is 1. The summed E-state index contributed by atoms with van der Waals surface area (Å²) in [6.45, 7) is 1.93. The number of halogens is 1. The van der Waals surface area contributed by atoms with Gasteiger partial charge in [0.05, 0.1) is 18.9 Å². The van der Waals surface area contributed by atoms with Crippen molar-refractivity contribution >= 4 is 0 Å². The van der Waals surface area contributed by atoms with Crippen LogP contribution in [0.5, 0.6) is 0 Å². The van der Waals surface area contributed by atoms with Crippen molar-refractivity contribution in [2.75, 3.05) is 0 Å². The van der Waals surface area contributed by atoms with Crippen molar-refractivity contribution in [1.29, 1.82) is 0 Å². The van der Waals surface area contributed by atoms with Gasteiger partial charge in [-0.05, 0) is 24.6 Å². The number of aromatic nitrogens is 6. The third kappa shape index (κ3) is 2.60. The van der Waals surface area contributed by atoms with E-state index < -0.39 is 11.6 Å². The van der Waals surface area contributed by atoms with Gasteiger partial charge in [0.1, 0.15) is 30.1 Å². The van der Waals surface area contributed by atoms with Crippen LogP contribution in [-0.4, -0.2) is 34.9 Å². The summed E-state index contributed by atoms with van der Waals surface area (Å²) >= 11 is 0.